The van der Waals surface area contributed by atoms with Gasteiger partial charge in [-0.05, 0) is 103 Å². The highest BCUT2D eigenvalue weighted by atomic mass is 16.5. The third-order valence-electron chi connectivity index (χ3n) is 11.8. The van der Waals surface area contributed by atoms with Crippen molar-refractivity contribution < 1.29 is 4.74 Å². The van der Waals surface area contributed by atoms with Gasteiger partial charge in [-0.2, -0.15) is 0 Å². The summed E-state index contributed by atoms with van der Waals surface area (Å²) in [7, 11) is 0. The summed E-state index contributed by atoms with van der Waals surface area (Å²) in [5.74, 6) is 1.83. The van der Waals surface area contributed by atoms with Gasteiger partial charge in [0.15, 0.2) is 0 Å². The molecule has 2 atom stereocenters. The van der Waals surface area contributed by atoms with Gasteiger partial charge in [0, 0.05) is 16.5 Å². The molecule has 3 aliphatic rings. The molecule has 8 aromatic rings. The number of ether oxygens (including phenoxy) is 1. The Morgan fingerprint density at radius 2 is 0.980 bits per heavy atom. The fraction of sp³-hybridized carbons (Fsp3) is 0.0612. The molecule has 1 heteroatoms. The van der Waals surface area contributed by atoms with Crippen LogP contribution in [0.2, 0.25) is 0 Å². The van der Waals surface area contributed by atoms with Crippen molar-refractivity contribution in [2.45, 2.75) is 17.8 Å². The maximum Gasteiger partial charge on any atom is 0.132 e. The van der Waals surface area contributed by atoms with Gasteiger partial charge < -0.3 is 4.74 Å². The van der Waals surface area contributed by atoms with Crippen LogP contribution < -0.4 is 4.74 Å². The summed E-state index contributed by atoms with van der Waals surface area (Å²) in [6.45, 7) is 2.33. The number of rotatable bonds is 2. The van der Waals surface area contributed by atoms with E-state index in [9.17, 15) is 0 Å². The average Bonchev–Trinajstić information content (AvgIpc) is 3.64. The molecule has 1 spiro atoms. The zero-order chi connectivity index (χ0) is 33.0. The van der Waals surface area contributed by atoms with E-state index in [0.717, 1.165) is 17.1 Å². The minimum absolute atomic E-state index is 0.348. The van der Waals surface area contributed by atoms with E-state index in [-0.39, 0.29) is 5.41 Å². The van der Waals surface area contributed by atoms with Crippen molar-refractivity contribution in [2.24, 2.45) is 0 Å². The van der Waals surface area contributed by atoms with Crippen LogP contribution in [-0.4, -0.2) is 0 Å². The first-order valence-corrected chi connectivity index (χ1v) is 17.5. The Kier molecular flexibility index (Phi) is 5.51. The lowest BCUT2D eigenvalue weighted by Crippen LogP contribution is -2.29. The normalized spacial score (nSPS) is 18.8. The summed E-state index contributed by atoms with van der Waals surface area (Å²) in [5, 5.41) is 2.55. The second kappa shape index (κ2) is 9.94. The molecule has 50 heavy (non-hydrogen) atoms. The van der Waals surface area contributed by atoms with E-state index >= 15 is 0 Å². The molecule has 11 rings (SSSR count). The largest absolute Gasteiger partial charge is 0.457 e. The lowest BCUT2D eigenvalue weighted by Gasteiger charge is -2.38. The first-order chi connectivity index (χ1) is 24.7. The number of fused-ring (bicyclic) bond motifs is 13. The van der Waals surface area contributed by atoms with Crippen LogP contribution in [0, 0.1) is 0 Å². The van der Waals surface area contributed by atoms with E-state index in [1.807, 2.05) is 0 Å². The van der Waals surface area contributed by atoms with E-state index in [1.54, 1.807) is 0 Å². The zero-order valence-electron chi connectivity index (χ0n) is 27.7. The highest BCUT2D eigenvalue weighted by Crippen LogP contribution is 2.64. The van der Waals surface area contributed by atoms with Gasteiger partial charge in [-0.25, -0.2) is 0 Å². The molecule has 1 aliphatic heterocycles. The molecule has 0 fully saturated rings. The number of para-hydroxylation sites is 1. The lowest BCUT2D eigenvalue weighted by atomic mass is 9.69. The molecule has 0 radical (unpaired) electrons. The summed E-state index contributed by atoms with van der Waals surface area (Å²) in [6, 6.07) is 64.9. The summed E-state index contributed by atoms with van der Waals surface area (Å²) < 4.78 is 6.77. The molecular formula is C49H32O. The molecule has 234 valence electrons. The second-order valence-electron chi connectivity index (χ2n) is 14.1. The Hall–Kier alpha value is -6.18. The van der Waals surface area contributed by atoms with Crippen molar-refractivity contribution in [3.8, 4) is 44.9 Å². The Balaban J connectivity index is 1.17. The van der Waals surface area contributed by atoms with Crippen molar-refractivity contribution in [3.05, 3.63) is 215 Å². The van der Waals surface area contributed by atoms with Crippen LogP contribution in [0.5, 0.6) is 11.5 Å². The molecule has 0 saturated heterocycles. The van der Waals surface area contributed by atoms with Crippen molar-refractivity contribution in [1.29, 1.82) is 0 Å². The van der Waals surface area contributed by atoms with Crippen LogP contribution in [0.3, 0.4) is 0 Å². The maximum absolute atomic E-state index is 6.77. The molecule has 0 bridgehead atoms. The Bertz CT molecular complexity index is 2700. The van der Waals surface area contributed by atoms with Gasteiger partial charge in [0.1, 0.15) is 11.5 Å². The molecule has 2 aliphatic carbocycles. The predicted octanol–water partition coefficient (Wildman–Crippen LogP) is 12.3. The van der Waals surface area contributed by atoms with Crippen LogP contribution in [0.15, 0.2) is 176 Å². The quantitative estimate of drug-likeness (QED) is 0.183. The zero-order valence-corrected chi connectivity index (χ0v) is 27.7. The Morgan fingerprint density at radius 1 is 0.380 bits per heavy atom. The number of hydrogen-bond donors (Lipinski definition) is 0. The predicted molar refractivity (Wildman–Crippen MR) is 204 cm³/mol. The van der Waals surface area contributed by atoms with Crippen molar-refractivity contribution in [1.82, 2.24) is 0 Å². The molecular weight excluding hydrogens is 605 g/mol. The summed E-state index contributed by atoms with van der Waals surface area (Å²) in [6.07, 6.45) is 0. The molecule has 1 nitrogen and oxygen atoms in total. The summed E-state index contributed by atoms with van der Waals surface area (Å²) in [4.78, 5) is 0. The van der Waals surface area contributed by atoms with Gasteiger partial charge in [-0.3, -0.25) is 0 Å². The molecule has 0 N–H and O–H groups in total. The Morgan fingerprint density at radius 3 is 1.80 bits per heavy atom. The molecule has 8 aromatic carbocycles. The minimum atomic E-state index is -0.409. The fourth-order valence-electron chi connectivity index (χ4n) is 9.61. The van der Waals surface area contributed by atoms with Gasteiger partial charge in [0.2, 0.25) is 0 Å². The van der Waals surface area contributed by atoms with Crippen LogP contribution >= 0.6 is 0 Å². The van der Waals surface area contributed by atoms with Crippen molar-refractivity contribution >= 4 is 10.8 Å². The molecule has 0 amide bonds. The SMILES string of the molecule is CC1(c2ccccc2)c2ccccc2Oc2cc(-c3cccc4c3-c3ccccc3C43c4ccccc4-c4cc5ccccc5cc43)ccc21. The van der Waals surface area contributed by atoms with Crippen LogP contribution in [-0.2, 0) is 10.8 Å². The maximum atomic E-state index is 6.77. The van der Waals surface area contributed by atoms with Crippen LogP contribution in [0.25, 0.3) is 44.2 Å². The third kappa shape index (κ3) is 3.42. The highest BCUT2D eigenvalue weighted by Gasteiger charge is 2.52. The Labute approximate surface area is 292 Å². The molecule has 2 unspecified atom stereocenters. The van der Waals surface area contributed by atoms with E-state index < -0.39 is 5.41 Å². The van der Waals surface area contributed by atoms with E-state index in [4.69, 9.17) is 4.74 Å². The van der Waals surface area contributed by atoms with E-state index in [2.05, 4.69) is 183 Å². The van der Waals surface area contributed by atoms with Crippen molar-refractivity contribution in [2.75, 3.05) is 0 Å². The number of hydrogen-bond acceptors (Lipinski definition) is 1. The van der Waals surface area contributed by atoms with Gasteiger partial charge >= 0.3 is 0 Å². The monoisotopic (exact) mass is 636 g/mol. The lowest BCUT2D eigenvalue weighted by molar-refractivity contribution is 0.427. The van der Waals surface area contributed by atoms with Crippen LogP contribution in [0.1, 0.15) is 45.9 Å². The van der Waals surface area contributed by atoms with Gasteiger partial charge in [0.25, 0.3) is 0 Å². The van der Waals surface area contributed by atoms with Gasteiger partial charge in [-0.1, -0.05) is 152 Å². The molecule has 0 aromatic heterocycles. The van der Waals surface area contributed by atoms with Crippen molar-refractivity contribution in [3.63, 3.8) is 0 Å². The second-order valence-corrected chi connectivity index (χ2v) is 14.1. The first kappa shape index (κ1) is 27.7. The third-order valence-corrected chi connectivity index (χ3v) is 11.8. The summed E-state index contributed by atoms with van der Waals surface area (Å²) >= 11 is 0. The van der Waals surface area contributed by atoms with Gasteiger partial charge in [0.05, 0.1) is 5.41 Å². The molecule has 0 saturated carbocycles. The fourth-order valence-corrected chi connectivity index (χ4v) is 9.61. The first-order valence-electron chi connectivity index (χ1n) is 17.5. The minimum Gasteiger partial charge on any atom is -0.457 e. The molecule has 1 heterocycles. The topological polar surface area (TPSA) is 9.23 Å². The van der Waals surface area contributed by atoms with E-state index in [1.165, 1.54) is 77.5 Å². The standard InChI is InChI=1S/C49H32O/c1-48(34-16-3-2-4-17-34)41-23-11-12-25-45(41)50-46-30-33(26-27-42(46)48)35-20-13-24-43-47(35)37-19-8-10-22-40(37)49(43)39-21-9-7-18-36(39)38-28-31-14-5-6-15-32(31)29-44(38)49/h2-30H,1H3. The van der Waals surface area contributed by atoms with E-state index in [0.29, 0.717) is 0 Å². The number of benzene rings is 8. The van der Waals surface area contributed by atoms with Crippen LogP contribution in [0.4, 0.5) is 0 Å². The average molecular weight is 637 g/mol. The summed E-state index contributed by atoms with van der Waals surface area (Å²) in [5.41, 5.74) is 15.9. The van der Waals surface area contributed by atoms with Gasteiger partial charge in [-0.15, -0.1) is 0 Å². The smallest absolute Gasteiger partial charge is 0.132 e. The highest BCUT2D eigenvalue weighted by molar-refractivity contribution is 6.02.